The van der Waals surface area contributed by atoms with E-state index >= 15 is 0 Å². The number of carbonyl (C=O) groups is 2. The molecule has 5 N–H and O–H groups in total. The van der Waals surface area contributed by atoms with Gasteiger partial charge >= 0.3 is 5.97 Å². The molecule has 260 valence electrons. The van der Waals surface area contributed by atoms with Crippen molar-refractivity contribution in [3.63, 3.8) is 0 Å². The minimum atomic E-state index is -1.19. The molecule has 0 bridgehead atoms. The third kappa shape index (κ3) is 7.94. The Morgan fingerprint density at radius 2 is 1.85 bits per heavy atom. The lowest BCUT2D eigenvalue weighted by atomic mass is 9.62. The number of aliphatic hydroxyl groups is 2. The first-order valence-corrected chi connectivity index (χ1v) is 17.4. The zero-order valence-corrected chi connectivity index (χ0v) is 28.3. The molecule has 10 heteroatoms. The SMILES string of the molecule is CC[C@H]1CCCC[C@@H](C)C(=O)C2=CC3[C@@H](C(O)C(N/C=C(\N)c4ccccc4)[C@@H]4C[C@@H](OC(O)[C@H](COC)OC)C[C@@H]34)[C@@H]2CC(=O)O1. The molecule has 3 fully saturated rings. The van der Waals surface area contributed by atoms with Gasteiger partial charge in [0.2, 0.25) is 0 Å². The number of methoxy groups -OCH3 is 2. The van der Waals surface area contributed by atoms with E-state index in [1.807, 2.05) is 44.2 Å². The van der Waals surface area contributed by atoms with Crippen LogP contribution in [-0.4, -0.2) is 79.5 Å². The van der Waals surface area contributed by atoms with E-state index in [-0.39, 0.29) is 66.6 Å². The highest BCUT2D eigenvalue weighted by atomic mass is 16.6. The van der Waals surface area contributed by atoms with Gasteiger partial charge in [-0.3, -0.25) is 9.59 Å². The third-order valence-corrected chi connectivity index (χ3v) is 11.1. The molecule has 1 aromatic rings. The molecule has 47 heavy (non-hydrogen) atoms. The third-order valence-electron chi connectivity index (χ3n) is 11.1. The predicted molar refractivity (Wildman–Crippen MR) is 177 cm³/mol. The number of esters is 1. The van der Waals surface area contributed by atoms with Gasteiger partial charge in [-0.25, -0.2) is 0 Å². The van der Waals surface area contributed by atoms with Crippen LogP contribution in [0.3, 0.4) is 0 Å². The van der Waals surface area contributed by atoms with Crippen LogP contribution in [0.4, 0.5) is 0 Å². The fraction of sp³-hybridized carbons (Fsp3) is 0.676. The maximum atomic E-state index is 14.0. The number of fused-ring (bicyclic) bond motifs is 5. The molecule has 1 heterocycles. The first-order valence-electron chi connectivity index (χ1n) is 17.4. The molecular weight excluding hydrogens is 600 g/mol. The van der Waals surface area contributed by atoms with Gasteiger partial charge in [0.15, 0.2) is 12.1 Å². The first kappa shape index (κ1) is 35.5. The molecule has 0 aromatic heterocycles. The monoisotopic (exact) mass is 654 g/mol. The number of ketones is 1. The summed E-state index contributed by atoms with van der Waals surface area (Å²) < 4.78 is 22.7. The number of carbonyl (C=O) groups excluding carboxylic acids is 2. The van der Waals surface area contributed by atoms with E-state index < -0.39 is 30.5 Å². The molecule has 1 saturated heterocycles. The van der Waals surface area contributed by atoms with E-state index in [1.54, 1.807) is 13.3 Å². The highest BCUT2D eigenvalue weighted by Crippen LogP contribution is 2.57. The van der Waals surface area contributed by atoms with Crippen LogP contribution in [0.25, 0.3) is 5.70 Å². The van der Waals surface area contributed by atoms with Crippen LogP contribution in [0, 0.1) is 35.5 Å². The Labute approximate surface area is 279 Å². The van der Waals surface area contributed by atoms with Gasteiger partial charge in [-0.1, -0.05) is 56.7 Å². The molecule has 3 aliphatic carbocycles. The Balaban J connectivity index is 1.48. The highest BCUT2D eigenvalue weighted by Gasteiger charge is 2.59. The number of hydrogen-bond acceptors (Lipinski definition) is 10. The average Bonchev–Trinajstić information content (AvgIpc) is 3.65. The number of ether oxygens (including phenoxy) is 4. The van der Waals surface area contributed by atoms with Crippen molar-refractivity contribution in [3.05, 3.63) is 53.7 Å². The van der Waals surface area contributed by atoms with Gasteiger partial charge < -0.3 is 40.2 Å². The summed E-state index contributed by atoms with van der Waals surface area (Å²) in [6, 6.07) is 9.20. The van der Waals surface area contributed by atoms with E-state index in [4.69, 9.17) is 24.7 Å². The standard InChI is InChI=1S/C37H54N2O8/c1-5-23-14-10-9-11-21(2)35(41)29-17-26-25-15-24(47-37(43)31(45-4)20-44-3)16-28(25)34(36(42)33(26)27(29)18-32(40)46-23)39-19-30(38)22-12-7-6-8-13-22/h6-8,12-13,17,19,21,23-28,31,33-34,36-37,39,42-43H,5,9-11,14-16,18,20,38H2,1-4H3/b30-19-/t21-,23+,24+,25+,26?,27-,28-,31+,33-,34?,36?,37?/m1/s1. The lowest BCUT2D eigenvalue weighted by Crippen LogP contribution is -2.56. The van der Waals surface area contributed by atoms with Gasteiger partial charge in [0, 0.05) is 38.2 Å². The van der Waals surface area contributed by atoms with Crippen molar-refractivity contribution in [2.75, 3.05) is 20.8 Å². The fourth-order valence-corrected chi connectivity index (χ4v) is 8.65. The molecule has 12 atom stereocenters. The van der Waals surface area contributed by atoms with Crippen LogP contribution in [-0.2, 0) is 28.5 Å². The Kier molecular flexibility index (Phi) is 12.2. The number of nitrogens with two attached hydrogens (primary N) is 1. The van der Waals surface area contributed by atoms with Gasteiger partial charge in [0.25, 0.3) is 0 Å². The molecule has 5 rings (SSSR count). The molecular formula is C37H54N2O8. The van der Waals surface area contributed by atoms with Crippen LogP contribution in [0.1, 0.15) is 70.8 Å². The van der Waals surface area contributed by atoms with Crippen molar-refractivity contribution in [1.82, 2.24) is 5.32 Å². The maximum absolute atomic E-state index is 14.0. The highest BCUT2D eigenvalue weighted by molar-refractivity contribution is 5.98. The summed E-state index contributed by atoms with van der Waals surface area (Å²) in [6.07, 6.45) is 6.02. The summed E-state index contributed by atoms with van der Waals surface area (Å²) in [5.41, 5.74) is 8.52. The molecule has 0 spiro atoms. The van der Waals surface area contributed by atoms with E-state index in [9.17, 15) is 19.8 Å². The Bertz CT molecular complexity index is 1270. The van der Waals surface area contributed by atoms with E-state index in [1.165, 1.54) is 7.11 Å². The van der Waals surface area contributed by atoms with Crippen LogP contribution in [0.5, 0.6) is 0 Å². The summed E-state index contributed by atoms with van der Waals surface area (Å²) in [7, 11) is 3.05. The van der Waals surface area contributed by atoms with E-state index in [0.29, 0.717) is 24.1 Å². The number of rotatable bonds is 10. The number of allylic oxidation sites excluding steroid dienone is 2. The van der Waals surface area contributed by atoms with Gasteiger partial charge in [0.05, 0.1) is 37.0 Å². The maximum Gasteiger partial charge on any atom is 0.306 e. The number of Topliss-reactive ketones (excluding diaryl/α,β-unsaturated/α-hetero) is 1. The number of hydrogen-bond donors (Lipinski definition) is 4. The molecule has 1 aliphatic heterocycles. The van der Waals surface area contributed by atoms with Crippen molar-refractivity contribution in [3.8, 4) is 0 Å². The number of cyclic esters (lactones) is 1. The lowest BCUT2D eigenvalue weighted by molar-refractivity contribution is -0.204. The zero-order chi connectivity index (χ0) is 33.7. The molecule has 1 aromatic carbocycles. The minimum absolute atomic E-state index is 0.0334. The summed E-state index contributed by atoms with van der Waals surface area (Å²) in [5.74, 6) is -1.40. The largest absolute Gasteiger partial charge is 0.462 e. The van der Waals surface area contributed by atoms with Crippen molar-refractivity contribution < 1.29 is 38.7 Å². The number of nitrogens with one attached hydrogen (secondary N) is 1. The Hall–Kier alpha value is -2.76. The zero-order valence-electron chi connectivity index (χ0n) is 28.3. The van der Waals surface area contributed by atoms with Crippen molar-refractivity contribution in [2.24, 2.45) is 41.2 Å². The molecule has 0 amide bonds. The summed E-state index contributed by atoms with van der Waals surface area (Å²) >= 11 is 0. The molecule has 4 aliphatic rings. The Morgan fingerprint density at radius 3 is 2.55 bits per heavy atom. The van der Waals surface area contributed by atoms with Crippen LogP contribution < -0.4 is 11.1 Å². The van der Waals surface area contributed by atoms with Crippen LogP contribution >= 0.6 is 0 Å². The van der Waals surface area contributed by atoms with Crippen molar-refractivity contribution in [2.45, 2.75) is 102 Å². The number of aliphatic hydroxyl groups excluding tert-OH is 2. The van der Waals surface area contributed by atoms with Gasteiger partial charge in [-0.2, -0.15) is 0 Å². The van der Waals surface area contributed by atoms with Gasteiger partial charge in [-0.05, 0) is 67.4 Å². The quantitative estimate of drug-likeness (QED) is 0.216. The van der Waals surface area contributed by atoms with E-state index in [2.05, 4.69) is 11.4 Å². The first-order chi connectivity index (χ1) is 22.7. The lowest BCUT2D eigenvalue weighted by Gasteiger charge is -2.47. The number of benzene rings is 1. The van der Waals surface area contributed by atoms with Crippen molar-refractivity contribution in [1.29, 1.82) is 0 Å². The molecule has 10 nitrogen and oxygen atoms in total. The van der Waals surface area contributed by atoms with Crippen LogP contribution in [0.2, 0.25) is 0 Å². The van der Waals surface area contributed by atoms with Gasteiger partial charge in [-0.15, -0.1) is 0 Å². The Morgan fingerprint density at radius 1 is 1.13 bits per heavy atom. The average molecular weight is 655 g/mol. The molecule has 4 unspecified atom stereocenters. The van der Waals surface area contributed by atoms with Crippen LogP contribution in [0.15, 0.2) is 48.2 Å². The smallest absolute Gasteiger partial charge is 0.306 e. The fourth-order valence-electron chi connectivity index (χ4n) is 8.65. The predicted octanol–water partition coefficient (Wildman–Crippen LogP) is 3.95. The molecule has 2 saturated carbocycles. The second-order valence-corrected chi connectivity index (χ2v) is 14.0. The minimum Gasteiger partial charge on any atom is -0.462 e. The summed E-state index contributed by atoms with van der Waals surface area (Å²) in [5, 5.41) is 26.6. The normalized spacial score (nSPS) is 36.1. The summed E-state index contributed by atoms with van der Waals surface area (Å²) in [4.78, 5) is 27.4. The van der Waals surface area contributed by atoms with E-state index in [0.717, 1.165) is 37.7 Å². The van der Waals surface area contributed by atoms with Gasteiger partial charge in [0.1, 0.15) is 12.2 Å². The molecule has 0 radical (unpaired) electrons. The topological polar surface area (TPSA) is 150 Å². The second-order valence-electron chi connectivity index (χ2n) is 14.0. The summed E-state index contributed by atoms with van der Waals surface area (Å²) in [6.45, 7) is 4.19. The second kappa shape index (κ2) is 16.1. The van der Waals surface area contributed by atoms with Crippen molar-refractivity contribution >= 4 is 17.4 Å².